The fourth-order valence-electron chi connectivity index (χ4n) is 2.29. The van der Waals surface area contributed by atoms with Crippen molar-refractivity contribution >= 4 is 12.0 Å². The molecular weight excluding hydrogens is 308 g/mol. The van der Waals surface area contributed by atoms with E-state index in [1.54, 1.807) is 40.7 Å². The quantitative estimate of drug-likeness (QED) is 0.860. The highest BCUT2D eigenvalue weighted by Gasteiger charge is 2.49. The first-order chi connectivity index (χ1) is 10.4. The van der Waals surface area contributed by atoms with Gasteiger partial charge < -0.3 is 15.0 Å². The smallest absolute Gasteiger partial charge is 0.408 e. The first-order valence-electron chi connectivity index (χ1n) is 7.44. The Morgan fingerprint density at radius 3 is 2.39 bits per heavy atom. The third-order valence-electron chi connectivity index (χ3n) is 3.31. The summed E-state index contributed by atoms with van der Waals surface area (Å²) in [7, 11) is 0. The molecule has 1 saturated heterocycles. The third kappa shape index (κ3) is 5.34. The molecule has 0 saturated carbocycles. The van der Waals surface area contributed by atoms with Crippen LogP contribution in [0, 0.1) is 17.2 Å². The number of hydrogen-bond acceptors (Lipinski definition) is 4. The Kier molecular flexibility index (Phi) is 5.56. The number of alkyl carbamates (subject to hydrolysis) is 1. The molecule has 0 aromatic carbocycles. The Hall–Kier alpha value is -1.91. The molecule has 23 heavy (non-hydrogen) atoms. The molecule has 2 amide bonds. The lowest BCUT2D eigenvalue weighted by molar-refractivity contribution is -0.135. The number of carbonyl (C=O) groups is 2. The van der Waals surface area contributed by atoms with Crippen LogP contribution in [0.1, 0.15) is 41.0 Å². The highest BCUT2D eigenvalue weighted by molar-refractivity contribution is 5.86. The summed E-state index contributed by atoms with van der Waals surface area (Å²) in [6.07, 6.45) is -1.49. The fraction of sp³-hybridized carbons (Fsp3) is 0.800. The van der Waals surface area contributed by atoms with Crippen LogP contribution in [0.15, 0.2) is 0 Å². The Bertz CT molecular complexity index is 509. The molecule has 1 fully saturated rings. The zero-order valence-electron chi connectivity index (χ0n) is 14.0. The highest BCUT2D eigenvalue weighted by atomic mass is 19.3. The van der Waals surface area contributed by atoms with Gasteiger partial charge >= 0.3 is 6.09 Å². The van der Waals surface area contributed by atoms with Crippen LogP contribution in [-0.2, 0) is 9.53 Å². The van der Waals surface area contributed by atoms with E-state index in [0.717, 1.165) is 4.90 Å². The lowest BCUT2D eigenvalue weighted by Gasteiger charge is -2.29. The first kappa shape index (κ1) is 19.1. The Morgan fingerprint density at radius 2 is 1.96 bits per heavy atom. The van der Waals surface area contributed by atoms with Crippen molar-refractivity contribution in [1.82, 2.24) is 10.2 Å². The number of nitrogens with one attached hydrogen (secondary N) is 1. The summed E-state index contributed by atoms with van der Waals surface area (Å²) in [5, 5.41) is 11.4. The largest absolute Gasteiger partial charge is 0.444 e. The van der Waals surface area contributed by atoms with Crippen LogP contribution in [0.25, 0.3) is 0 Å². The number of likely N-dealkylation sites (tertiary alicyclic amines) is 1. The predicted octanol–water partition coefficient (Wildman–Crippen LogP) is 2.30. The van der Waals surface area contributed by atoms with Gasteiger partial charge in [-0.05, 0) is 26.7 Å². The van der Waals surface area contributed by atoms with E-state index < -0.39 is 48.6 Å². The molecule has 0 bridgehead atoms. The molecular formula is C15H23F2N3O3. The summed E-state index contributed by atoms with van der Waals surface area (Å²) >= 11 is 0. The SMILES string of the molecule is CC(C)[C@@H](NC(=O)OC(C)(C)C)C(=O)N1CC(F)(F)C[C@H]1C#N. The molecule has 130 valence electrons. The van der Waals surface area contributed by atoms with Gasteiger partial charge in [-0.1, -0.05) is 13.8 Å². The first-order valence-corrected chi connectivity index (χ1v) is 7.44. The monoisotopic (exact) mass is 331 g/mol. The van der Waals surface area contributed by atoms with Gasteiger partial charge in [-0.25, -0.2) is 13.6 Å². The van der Waals surface area contributed by atoms with Crippen LogP contribution in [0.4, 0.5) is 13.6 Å². The molecule has 8 heteroatoms. The van der Waals surface area contributed by atoms with Gasteiger partial charge in [0.2, 0.25) is 5.91 Å². The second kappa shape index (κ2) is 6.69. The van der Waals surface area contributed by atoms with E-state index >= 15 is 0 Å². The van der Waals surface area contributed by atoms with Crippen LogP contribution in [0.2, 0.25) is 0 Å². The number of rotatable bonds is 3. The van der Waals surface area contributed by atoms with Crippen LogP contribution in [-0.4, -0.2) is 47.1 Å². The molecule has 0 unspecified atom stereocenters. The number of alkyl halides is 2. The molecule has 0 aromatic rings. The zero-order chi connectivity index (χ0) is 18.0. The number of ether oxygens (including phenoxy) is 1. The minimum atomic E-state index is -3.09. The average molecular weight is 331 g/mol. The van der Waals surface area contributed by atoms with Gasteiger partial charge in [0.05, 0.1) is 12.6 Å². The fourth-order valence-corrected chi connectivity index (χ4v) is 2.29. The molecule has 6 nitrogen and oxygen atoms in total. The van der Waals surface area contributed by atoms with Crippen molar-refractivity contribution in [2.24, 2.45) is 5.92 Å². The van der Waals surface area contributed by atoms with E-state index in [1.165, 1.54) is 0 Å². The summed E-state index contributed by atoms with van der Waals surface area (Å²) in [4.78, 5) is 25.2. The van der Waals surface area contributed by atoms with E-state index in [2.05, 4.69) is 5.32 Å². The maximum atomic E-state index is 13.5. The van der Waals surface area contributed by atoms with Crippen LogP contribution in [0.3, 0.4) is 0 Å². The van der Waals surface area contributed by atoms with Gasteiger partial charge in [0.15, 0.2) is 0 Å². The van der Waals surface area contributed by atoms with E-state index in [9.17, 15) is 18.4 Å². The molecule has 1 rings (SSSR count). The Labute approximate surface area is 134 Å². The maximum absolute atomic E-state index is 13.5. The van der Waals surface area contributed by atoms with Gasteiger partial charge in [0, 0.05) is 6.42 Å². The van der Waals surface area contributed by atoms with Crippen molar-refractivity contribution in [2.45, 2.75) is 64.6 Å². The lowest BCUT2D eigenvalue weighted by Crippen LogP contribution is -2.53. The molecule has 0 spiro atoms. The average Bonchev–Trinajstić information content (AvgIpc) is 2.68. The van der Waals surface area contributed by atoms with Crippen molar-refractivity contribution in [3.8, 4) is 6.07 Å². The Balaban J connectivity index is 2.87. The van der Waals surface area contributed by atoms with E-state index in [1.807, 2.05) is 0 Å². The topological polar surface area (TPSA) is 82.4 Å². The molecule has 2 atom stereocenters. The summed E-state index contributed by atoms with van der Waals surface area (Å²) < 4.78 is 32.1. The standard InChI is InChI=1S/C15H23F2N3O3/c1-9(2)11(19-13(22)23-14(3,4)5)12(21)20-8-15(16,17)6-10(20)7-18/h9-11H,6,8H2,1-5H3,(H,19,22)/t10-,11+/m0/s1. The number of amides is 2. The number of nitrogens with zero attached hydrogens (tertiary/aromatic N) is 2. The summed E-state index contributed by atoms with van der Waals surface area (Å²) in [5.41, 5.74) is -0.746. The summed E-state index contributed by atoms with van der Waals surface area (Å²) in [6, 6.07) is -0.511. The van der Waals surface area contributed by atoms with E-state index in [0.29, 0.717) is 0 Å². The van der Waals surface area contributed by atoms with Gasteiger partial charge in [0.25, 0.3) is 5.92 Å². The van der Waals surface area contributed by atoms with Crippen molar-refractivity contribution in [3.63, 3.8) is 0 Å². The van der Waals surface area contributed by atoms with E-state index in [-0.39, 0.29) is 5.92 Å². The molecule has 1 aliphatic rings. The predicted molar refractivity (Wildman–Crippen MR) is 78.7 cm³/mol. The van der Waals surface area contributed by atoms with Gasteiger partial charge in [-0.3, -0.25) is 4.79 Å². The second-order valence-corrected chi connectivity index (χ2v) is 7.04. The molecule has 0 radical (unpaired) electrons. The van der Waals surface area contributed by atoms with Crippen molar-refractivity contribution < 1.29 is 23.1 Å². The molecule has 1 N–H and O–H groups in total. The Morgan fingerprint density at radius 1 is 1.39 bits per heavy atom. The minimum absolute atomic E-state index is 0.344. The zero-order valence-corrected chi connectivity index (χ0v) is 14.0. The van der Waals surface area contributed by atoms with Gasteiger partial charge in [0.1, 0.15) is 17.7 Å². The minimum Gasteiger partial charge on any atom is -0.444 e. The third-order valence-corrected chi connectivity index (χ3v) is 3.31. The van der Waals surface area contributed by atoms with Gasteiger partial charge in [-0.2, -0.15) is 5.26 Å². The van der Waals surface area contributed by atoms with Crippen molar-refractivity contribution in [1.29, 1.82) is 5.26 Å². The molecule has 0 aliphatic carbocycles. The second-order valence-electron chi connectivity index (χ2n) is 7.04. The molecule has 1 aliphatic heterocycles. The van der Waals surface area contributed by atoms with Crippen molar-refractivity contribution in [2.75, 3.05) is 6.54 Å². The highest BCUT2D eigenvalue weighted by Crippen LogP contribution is 2.32. The van der Waals surface area contributed by atoms with Crippen LogP contribution >= 0.6 is 0 Å². The molecule has 1 heterocycles. The van der Waals surface area contributed by atoms with Gasteiger partial charge in [-0.15, -0.1) is 0 Å². The summed E-state index contributed by atoms with van der Waals surface area (Å²) in [5.74, 6) is -4.14. The summed E-state index contributed by atoms with van der Waals surface area (Å²) in [6.45, 7) is 7.55. The van der Waals surface area contributed by atoms with E-state index in [4.69, 9.17) is 10.00 Å². The van der Waals surface area contributed by atoms with Crippen LogP contribution < -0.4 is 5.32 Å². The number of carbonyl (C=O) groups excluding carboxylic acids is 2. The number of halogens is 2. The maximum Gasteiger partial charge on any atom is 0.408 e. The normalized spacial score (nSPS) is 21.7. The lowest BCUT2D eigenvalue weighted by atomic mass is 10.0. The number of nitriles is 1. The van der Waals surface area contributed by atoms with Crippen molar-refractivity contribution in [3.05, 3.63) is 0 Å². The number of hydrogen-bond donors (Lipinski definition) is 1. The molecule has 0 aromatic heterocycles. The van der Waals surface area contributed by atoms with Crippen LogP contribution in [0.5, 0.6) is 0 Å².